The molecule has 3 heteroatoms. The van der Waals surface area contributed by atoms with Crippen LogP contribution in [0.3, 0.4) is 0 Å². The molecule has 0 saturated carbocycles. The highest BCUT2D eigenvalue weighted by Crippen LogP contribution is 2.14. The van der Waals surface area contributed by atoms with Crippen LogP contribution in [0.25, 0.3) is 10.9 Å². The summed E-state index contributed by atoms with van der Waals surface area (Å²) in [7, 11) is 0. The zero-order valence-corrected chi connectivity index (χ0v) is 11.2. The Labute approximate surface area is 107 Å². The van der Waals surface area contributed by atoms with Gasteiger partial charge in [-0.2, -0.15) is 0 Å². The third-order valence-electron chi connectivity index (χ3n) is 3.03. The summed E-state index contributed by atoms with van der Waals surface area (Å²) in [6, 6.07) is 8.04. The van der Waals surface area contributed by atoms with Crippen molar-refractivity contribution in [2.45, 2.75) is 27.3 Å². The third kappa shape index (κ3) is 2.79. The summed E-state index contributed by atoms with van der Waals surface area (Å²) in [6.45, 7) is 7.86. The number of fused-ring (bicyclic) bond motifs is 1. The maximum atomic E-state index is 12.0. The summed E-state index contributed by atoms with van der Waals surface area (Å²) < 4.78 is 0. The minimum atomic E-state index is 0.00746. The molecule has 0 unspecified atom stereocenters. The van der Waals surface area contributed by atoms with E-state index in [0.717, 1.165) is 28.6 Å². The van der Waals surface area contributed by atoms with Gasteiger partial charge in [0.15, 0.2) is 0 Å². The van der Waals surface area contributed by atoms with E-state index >= 15 is 0 Å². The van der Waals surface area contributed by atoms with Gasteiger partial charge in [-0.25, -0.2) is 0 Å². The molecule has 2 aromatic rings. The Morgan fingerprint density at radius 3 is 2.83 bits per heavy atom. The van der Waals surface area contributed by atoms with Gasteiger partial charge >= 0.3 is 0 Å². The van der Waals surface area contributed by atoms with Crippen LogP contribution in [0.1, 0.15) is 25.0 Å². The SMILES string of the molecule is Cc1cccc2cc(CNCC(C)C)c(=O)[nH]c12. The first-order chi connectivity index (χ1) is 8.58. The van der Waals surface area contributed by atoms with Gasteiger partial charge in [0.25, 0.3) is 5.56 Å². The number of nitrogens with one attached hydrogen (secondary N) is 2. The molecule has 0 fully saturated rings. The van der Waals surface area contributed by atoms with Crippen molar-refractivity contribution in [1.29, 1.82) is 0 Å². The van der Waals surface area contributed by atoms with E-state index in [0.29, 0.717) is 12.5 Å². The maximum Gasteiger partial charge on any atom is 0.252 e. The fourth-order valence-electron chi connectivity index (χ4n) is 2.06. The van der Waals surface area contributed by atoms with Crippen molar-refractivity contribution in [3.05, 3.63) is 45.7 Å². The smallest absolute Gasteiger partial charge is 0.252 e. The monoisotopic (exact) mass is 244 g/mol. The van der Waals surface area contributed by atoms with Crippen LogP contribution in [-0.4, -0.2) is 11.5 Å². The average molecular weight is 244 g/mol. The highest BCUT2D eigenvalue weighted by molar-refractivity contribution is 5.81. The molecule has 1 aromatic heterocycles. The van der Waals surface area contributed by atoms with Crippen molar-refractivity contribution < 1.29 is 0 Å². The Kier molecular flexibility index (Phi) is 3.82. The summed E-state index contributed by atoms with van der Waals surface area (Å²) >= 11 is 0. The number of benzene rings is 1. The zero-order chi connectivity index (χ0) is 13.1. The Hall–Kier alpha value is -1.61. The molecule has 1 aromatic carbocycles. The first-order valence-electron chi connectivity index (χ1n) is 6.40. The summed E-state index contributed by atoms with van der Waals surface area (Å²) in [6.07, 6.45) is 0. The van der Waals surface area contributed by atoms with E-state index in [1.54, 1.807) is 0 Å². The molecule has 0 atom stereocenters. The van der Waals surface area contributed by atoms with E-state index in [-0.39, 0.29) is 5.56 Å². The fraction of sp³-hybridized carbons (Fsp3) is 0.400. The fourth-order valence-corrected chi connectivity index (χ4v) is 2.06. The highest BCUT2D eigenvalue weighted by Gasteiger charge is 2.04. The molecule has 0 aliphatic rings. The summed E-state index contributed by atoms with van der Waals surface area (Å²) in [5.74, 6) is 0.590. The van der Waals surface area contributed by atoms with Crippen LogP contribution in [-0.2, 0) is 6.54 Å². The second-order valence-corrected chi connectivity index (χ2v) is 5.19. The highest BCUT2D eigenvalue weighted by atomic mass is 16.1. The summed E-state index contributed by atoms with van der Waals surface area (Å²) in [5, 5.41) is 4.39. The molecule has 3 nitrogen and oxygen atoms in total. The van der Waals surface area contributed by atoms with Gasteiger partial charge in [-0.3, -0.25) is 4.79 Å². The van der Waals surface area contributed by atoms with Gasteiger partial charge < -0.3 is 10.3 Å². The predicted octanol–water partition coefficient (Wildman–Crippen LogP) is 2.58. The quantitative estimate of drug-likeness (QED) is 0.868. The van der Waals surface area contributed by atoms with Gasteiger partial charge in [0.2, 0.25) is 0 Å². The van der Waals surface area contributed by atoms with Crippen molar-refractivity contribution in [2.24, 2.45) is 5.92 Å². The van der Waals surface area contributed by atoms with Crippen molar-refractivity contribution >= 4 is 10.9 Å². The third-order valence-corrected chi connectivity index (χ3v) is 3.03. The normalized spacial score (nSPS) is 11.3. The predicted molar refractivity (Wildman–Crippen MR) is 75.9 cm³/mol. The van der Waals surface area contributed by atoms with Crippen LogP contribution in [0.2, 0.25) is 0 Å². The average Bonchev–Trinajstić information content (AvgIpc) is 2.31. The van der Waals surface area contributed by atoms with Crippen LogP contribution in [0.15, 0.2) is 29.1 Å². The molecule has 0 radical (unpaired) electrons. The molecule has 2 N–H and O–H groups in total. The van der Waals surface area contributed by atoms with Crippen molar-refractivity contribution in [1.82, 2.24) is 10.3 Å². The first kappa shape index (κ1) is 12.8. The molecular formula is C15H20N2O. The molecule has 0 amide bonds. The van der Waals surface area contributed by atoms with Crippen LogP contribution >= 0.6 is 0 Å². The van der Waals surface area contributed by atoms with Gasteiger partial charge in [-0.15, -0.1) is 0 Å². The lowest BCUT2D eigenvalue weighted by Gasteiger charge is -2.08. The lowest BCUT2D eigenvalue weighted by molar-refractivity contribution is 0.551. The summed E-state index contributed by atoms with van der Waals surface area (Å²) in [5.41, 5.74) is 2.85. The number of aromatic nitrogens is 1. The first-order valence-corrected chi connectivity index (χ1v) is 6.40. The van der Waals surface area contributed by atoms with Crippen molar-refractivity contribution in [2.75, 3.05) is 6.54 Å². The van der Waals surface area contributed by atoms with E-state index in [1.165, 1.54) is 0 Å². The van der Waals surface area contributed by atoms with Crippen molar-refractivity contribution in [3.8, 4) is 0 Å². The molecule has 0 saturated heterocycles. The standard InChI is InChI=1S/C15H20N2O/c1-10(2)8-16-9-13-7-12-6-4-5-11(3)14(12)17-15(13)18/h4-7,10,16H,8-9H2,1-3H3,(H,17,18). The molecule has 0 aliphatic heterocycles. The number of para-hydroxylation sites is 1. The zero-order valence-electron chi connectivity index (χ0n) is 11.2. The minimum Gasteiger partial charge on any atom is -0.321 e. The lowest BCUT2D eigenvalue weighted by Crippen LogP contribution is -2.24. The molecule has 96 valence electrons. The number of hydrogen-bond acceptors (Lipinski definition) is 2. The molecule has 2 rings (SSSR count). The van der Waals surface area contributed by atoms with E-state index < -0.39 is 0 Å². The van der Waals surface area contributed by atoms with Gasteiger partial charge in [0, 0.05) is 12.1 Å². The molecule has 0 bridgehead atoms. The van der Waals surface area contributed by atoms with Gasteiger partial charge in [0.1, 0.15) is 0 Å². The number of hydrogen-bond donors (Lipinski definition) is 2. The number of H-pyrrole nitrogens is 1. The van der Waals surface area contributed by atoms with Crippen LogP contribution in [0, 0.1) is 12.8 Å². The molecule has 0 spiro atoms. The Morgan fingerprint density at radius 1 is 1.33 bits per heavy atom. The maximum absolute atomic E-state index is 12.0. The largest absolute Gasteiger partial charge is 0.321 e. The van der Waals surface area contributed by atoms with E-state index in [4.69, 9.17) is 0 Å². The minimum absolute atomic E-state index is 0.00746. The Bertz CT molecular complexity index is 599. The number of aryl methyl sites for hydroxylation is 1. The van der Waals surface area contributed by atoms with Gasteiger partial charge in [-0.1, -0.05) is 32.0 Å². The van der Waals surface area contributed by atoms with Crippen molar-refractivity contribution in [3.63, 3.8) is 0 Å². The van der Waals surface area contributed by atoms with Gasteiger partial charge in [-0.05, 0) is 36.4 Å². The van der Waals surface area contributed by atoms with E-state index in [1.807, 2.05) is 31.2 Å². The van der Waals surface area contributed by atoms with Crippen LogP contribution in [0.4, 0.5) is 0 Å². The molecule has 0 aliphatic carbocycles. The van der Waals surface area contributed by atoms with Gasteiger partial charge in [0.05, 0.1) is 5.52 Å². The number of pyridine rings is 1. The number of aromatic amines is 1. The molecule has 18 heavy (non-hydrogen) atoms. The summed E-state index contributed by atoms with van der Waals surface area (Å²) in [4.78, 5) is 14.9. The van der Waals surface area contributed by atoms with Crippen LogP contribution < -0.4 is 10.9 Å². The second kappa shape index (κ2) is 5.36. The topological polar surface area (TPSA) is 44.9 Å². The van der Waals surface area contributed by atoms with Crippen LogP contribution in [0.5, 0.6) is 0 Å². The van der Waals surface area contributed by atoms with E-state index in [9.17, 15) is 4.79 Å². The molecular weight excluding hydrogens is 224 g/mol. The number of rotatable bonds is 4. The van der Waals surface area contributed by atoms with E-state index in [2.05, 4.69) is 24.1 Å². The molecule has 1 heterocycles. The Morgan fingerprint density at radius 2 is 2.11 bits per heavy atom. The lowest BCUT2D eigenvalue weighted by atomic mass is 10.1. The second-order valence-electron chi connectivity index (χ2n) is 5.19. The Balaban J connectivity index is 2.29.